The molecule has 11 heavy (non-hydrogen) atoms. The summed E-state index contributed by atoms with van der Waals surface area (Å²) in [6.45, 7) is 0. The van der Waals surface area contributed by atoms with Gasteiger partial charge in [-0.15, -0.1) is 0 Å². The number of hydrogen-bond donors (Lipinski definition) is 0. The lowest BCUT2D eigenvalue weighted by atomic mass is 10.3. The minimum absolute atomic E-state index is 0.0469. The molecule has 1 aromatic carbocycles. The van der Waals surface area contributed by atoms with E-state index in [-0.39, 0.29) is 5.69 Å². The molecule has 0 N–H and O–H groups in total. The van der Waals surface area contributed by atoms with Gasteiger partial charge in [-0.05, 0) is 6.07 Å². The van der Waals surface area contributed by atoms with Gasteiger partial charge in [-0.2, -0.15) is 0 Å². The van der Waals surface area contributed by atoms with Crippen molar-refractivity contribution in [2.75, 3.05) is 0 Å². The Kier molecular flexibility index (Phi) is 2.43. The molecule has 5 heteroatoms. The van der Waals surface area contributed by atoms with E-state index in [0.29, 0.717) is 5.69 Å². The van der Waals surface area contributed by atoms with Crippen molar-refractivity contribution in [2.24, 2.45) is 0 Å². The average Bonchev–Trinajstić information content (AvgIpc) is 2.05. The molecule has 0 bridgehead atoms. The molecule has 0 aliphatic rings. The molecule has 0 heterocycles. The smallest absolute Gasteiger partial charge is 0.258 e. The quantitative estimate of drug-likeness (QED) is 0.561. The third-order valence-electron chi connectivity index (χ3n) is 1.14. The van der Waals surface area contributed by atoms with Crippen LogP contribution < -0.4 is 4.34 Å². The van der Waals surface area contributed by atoms with E-state index < -0.39 is 4.92 Å². The van der Waals surface area contributed by atoms with Crippen molar-refractivity contribution in [3.05, 3.63) is 34.4 Å². The summed E-state index contributed by atoms with van der Waals surface area (Å²) in [6, 6.07) is 6.05. The van der Waals surface area contributed by atoms with Crippen LogP contribution in [0, 0.1) is 10.1 Å². The van der Waals surface area contributed by atoms with Crippen LogP contribution in [0.1, 0.15) is 0 Å². The number of nitrogens with zero attached hydrogens (tertiary/aromatic N) is 2. The number of non-ortho nitro benzene ring substituents is 1. The lowest BCUT2D eigenvalue weighted by Gasteiger charge is -1.93. The average molecular weight is 216 g/mol. The molecule has 1 rings (SSSR count). The highest BCUT2D eigenvalue weighted by atomic mass is 79.9. The Morgan fingerprint density at radius 1 is 1.55 bits per heavy atom. The van der Waals surface area contributed by atoms with Crippen LogP contribution in [0.5, 0.6) is 0 Å². The van der Waals surface area contributed by atoms with Gasteiger partial charge in [-0.1, -0.05) is 6.07 Å². The molecule has 1 aromatic rings. The summed E-state index contributed by atoms with van der Waals surface area (Å²) < 4.78 is 3.62. The van der Waals surface area contributed by atoms with Crippen molar-refractivity contribution >= 4 is 27.5 Å². The number of nitro benzene ring substituents is 1. The molecule has 0 aliphatic heterocycles. The highest BCUT2D eigenvalue weighted by molar-refractivity contribution is 9.08. The molecule has 0 amide bonds. The van der Waals surface area contributed by atoms with Crippen LogP contribution in [-0.2, 0) is 0 Å². The van der Waals surface area contributed by atoms with Crippen LogP contribution in [0.15, 0.2) is 24.3 Å². The van der Waals surface area contributed by atoms with Crippen LogP contribution in [0.25, 0.3) is 0 Å². The normalized spacial score (nSPS) is 9.18. The molecule has 0 aliphatic carbocycles. The maximum absolute atomic E-state index is 10.2. The largest absolute Gasteiger partial charge is 0.271 e. The molecule has 0 fully saturated rings. The van der Waals surface area contributed by atoms with E-state index in [1.807, 2.05) is 0 Å². The first-order chi connectivity index (χ1) is 5.24. The predicted molar refractivity (Wildman–Crippen MR) is 43.8 cm³/mol. The summed E-state index contributed by atoms with van der Waals surface area (Å²) in [5, 5.41) is 10.2. The highest BCUT2D eigenvalue weighted by Gasteiger charge is 2.04. The van der Waals surface area contributed by atoms with Gasteiger partial charge in [0, 0.05) is 12.1 Å². The SMILES string of the molecule is O=[N+]([O-])c1cccc([N]Br)c1. The van der Waals surface area contributed by atoms with E-state index in [1.165, 1.54) is 12.1 Å². The van der Waals surface area contributed by atoms with Crippen LogP contribution in [0.2, 0.25) is 0 Å². The van der Waals surface area contributed by atoms with Crippen molar-refractivity contribution in [2.45, 2.75) is 0 Å². The lowest BCUT2D eigenvalue weighted by molar-refractivity contribution is -0.384. The van der Waals surface area contributed by atoms with Crippen LogP contribution in [0.3, 0.4) is 0 Å². The van der Waals surface area contributed by atoms with Crippen molar-refractivity contribution in [1.29, 1.82) is 0 Å². The fourth-order valence-electron chi connectivity index (χ4n) is 0.659. The van der Waals surface area contributed by atoms with E-state index in [9.17, 15) is 10.1 Å². The molecule has 0 saturated heterocycles. The minimum atomic E-state index is -0.457. The molecule has 0 atom stereocenters. The van der Waals surface area contributed by atoms with Gasteiger partial charge in [-0.3, -0.25) is 10.1 Å². The molecule has 1 radical (unpaired) electrons. The van der Waals surface area contributed by atoms with Crippen LogP contribution in [-0.4, -0.2) is 4.92 Å². The maximum Gasteiger partial charge on any atom is 0.271 e. The maximum atomic E-state index is 10.2. The minimum Gasteiger partial charge on any atom is -0.258 e. The zero-order valence-corrected chi connectivity index (χ0v) is 6.98. The Balaban J connectivity index is 3.01. The molecular formula is C6H4BrN2O2. The van der Waals surface area contributed by atoms with Crippen molar-refractivity contribution in [3.63, 3.8) is 0 Å². The first kappa shape index (κ1) is 8.00. The van der Waals surface area contributed by atoms with Gasteiger partial charge in [-0.25, -0.2) is 4.34 Å². The van der Waals surface area contributed by atoms with Gasteiger partial charge in [0.05, 0.1) is 26.8 Å². The summed E-state index contributed by atoms with van der Waals surface area (Å²) in [5.74, 6) is 0. The Bertz CT molecular complexity index is 277. The van der Waals surface area contributed by atoms with Crippen molar-refractivity contribution < 1.29 is 4.92 Å². The van der Waals surface area contributed by atoms with E-state index >= 15 is 0 Å². The standard InChI is InChI=1S/C6H4BrN2O2/c7-8-5-2-1-3-6(4-5)9(10)11/h1-4H. The summed E-state index contributed by atoms with van der Waals surface area (Å²) in [5.41, 5.74) is 0.588. The molecule has 0 spiro atoms. The molecule has 0 aromatic heterocycles. The third kappa shape index (κ3) is 1.91. The van der Waals surface area contributed by atoms with E-state index in [1.54, 1.807) is 12.1 Å². The topological polar surface area (TPSA) is 57.2 Å². The summed E-state index contributed by atoms with van der Waals surface area (Å²) in [7, 11) is 0. The number of benzene rings is 1. The monoisotopic (exact) mass is 215 g/mol. The molecule has 0 unspecified atom stereocenters. The van der Waals surface area contributed by atoms with Gasteiger partial charge in [0.25, 0.3) is 5.69 Å². The molecule has 57 valence electrons. The Morgan fingerprint density at radius 2 is 2.27 bits per heavy atom. The fourth-order valence-corrected chi connectivity index (χ4v) is 0.880. The zero-order chi connectivity index (χ0) is 8.27. The third-order valence-corrected chi connectivity index (χ3v) is 1.55. The number of hydrogen-bond acceptors (Lipinski definition) is 2. The second-order valence-corrected chi connectivity index (χ2v) is 2.22. The second kappa shape index (κ2) is 3.34. The van der Waals surface area contributed by atoms with Gasteiger partial charge >= 0.3 is 0 Å². The van der Waals surface area contributed by atoms with E-state index in [4.69, 9.17) is 0 Å². The lowest BCUT2D eigenvalue weighted by Crippen LogP contribution is -1.87. The molecule has 4 nitrogen and oxygen atoms in total. The van der Waals surface area contributed by atoms with Crippen molar-refractivity contribution in [1.82, 2.24) is 4.34 Å². The summed E-state index contributed by atoms with van der Waals surface area (Å²) in [6.07, 6.45) is 0. The predicted octanol–water partition coefficient (Wildman–Crippen LogP) is 2.14. The van der Waals surface area contributed by atoms with E-state index in [0.717, 1.165) is 0 Å². The van der Waals surface area contributed by atoms with E-state index in [2.05, 4.69) is 20.5 Å². The Morgan fingerprint density at radius 3 is 2.82 bits per heavy atom. The number of nitro groups is 1. The number of rotatable bonds is 2. The number of halogens is 1. The summed E-state index contributed by atoms with van der Waals surface area (Å²) >= 11 is 2.84. The molecule has 0 saturated carbocycles. The Hall–Kier alpha value is -1.10. The second-order valence-electron chi connectivity index (χ2n) is 1.86. The van der Waals surface area contributed by atoms with Crippen molar-refractivity contribution in [3.8, 4) is 0 Å². The van der Waals surface area contributed by atoms with Gasteiger partial charge in [0.2, 0.25) is 0 Å². The Labute approximate surface area is 71.7 Å². The molecular weight excluding hydrogens is 212 g/mol. The first-order valence-electron chi connectivity index (χ1n) is 2.80. The zero-order valence-electron chi connectivity index (χ0n) is 5.40. The van der Waals surface area contributed by atoms with Gasteiger partial charge in [0.15, 0.2) is 0 Å². The van der Waals surface area contributed by atoms with Gasteiger partial charge in [0.1, 0.15) is 0 Å². The van der Waals surface area contributed by atoms with Crippen LogP contribution in [0.4, 0.5) is 11.4 Å². The summed E-state index contributed by atoms with van der Waals surface area (Å²) in [4.78, 5) is 9.76. The van der Waals surface area contributed by atoms with Gasteiger partial charge < -0.3 is 0 Å². The fraction of sp³-hybridized carbons (Fsp3) is 0. The van der Waals surface area contributed by atoms with Crippen LogP contribution >= 0.6 is 16.1 Å². The first-order valence-corrected chi connectivity index (χ1v) is 3.51. The highest BCUT2D eigenvalue weighted by Crippen LogP contribution is 2.17.